The molecule has 0 bridgehead atoms. The fourth-order valence-corrected chi connectivity index (χ4v) is 2.82. The molecule has 0 N–H and O–H groups in total. The zero-order valence-electron chi connectivity index (χ0n) is 12.1. The van der Waals surface area contributed by atoms with Gasteiger partial charge in [-0.1, -0.05) is 86.7 Å². The average molecular weight is 260 g/mol. The molecule has 0 heterocycles. The summed E-state index contributed by atoms with van der Waals surface area (Å²) < 4.78 is 0. The Morgan fingerprint density at radius 3 is 2.00 bits per heavy atom. The van der Waals surface area contributed by atoms with Crippen LogP contribution >= 0.6 is 0 Å². The van der Waals surface area contributed by atoms with Crippen molar-refractivity contribution in [3.8, 4) is 11.1 Å². The number of rotatable bonds is 2. The van der Waals surface area contributed by atoms with Crippen molar-refractivity contribution >= 4 is 5.57 Å². The first kappa shape index (κ1) is 12.9. The van der Waals surface area contributed by atoms with Gasteiger partial charge in [-0.2, -0.15) is 0 Å². The van der Waals surface area contributed by atoms with Crippen molar-refractivity contribution in [2.75, 3.05) is 0 Å². The lowest BCUT2D eigenvalue weighted by molar-refractivity contribution is 0.506. The molecule has 1 aliphatic rings. The zero-order valence-corrected chi connectivity index (χ0v) is 12.1. The first-order valence-corrected chi connectivity index (χ1v) is 7.20. The molecule has 3 rings (SSSR count). The van der Waals surface area contributed by atoms with Gasteiger partial charge in [-0.3, -0.25) is 0 Å². The summed E-state index contributed by atoms with van der Waals surface area (Å²) in [6.07, 6.45) is 7.79. The fraction of sp³-hybridized carbons (Fsp3) is 0.200. The van der Waals surface area contributed by atoms with Crippen LogP contribution in [-0.4, -0.2) is 0 Å². The Bertz CT molecular complexity index is 640. The van der Waals surface area contributed by atoms with Gasteiger partial charge in [-0.25, -0.2) is 0 Å². The van der Waals surface area contributed by atoms with E-state index in [0.717, 1.165) is 6.42 Å². The van der Waals surface area contributed by atoms with Gasteiger partial charge in [0.25, 0.3) is 0 Å². The third kappa shape index (κ3) is 2.46. The lowest BCUT2D eigenvalue weighted by Gasteiger charge is -2.29. The van der Waals surface area contributed by atoms with Gasteiger partial charge in [-0.15, -0.1) is 0 Å². The van der Waals surface area contributed by atoms with E-state index in [1.807, 2.05) is 0 Å². The second-order valence-corrected chi connectivity index (χ2v) is 6.04. The van der Waals surface area contributed by atoms with Gasteiger partial charge in [0.1, 0.15) is 0 Å². The van der Waals surface area contributed by atoms with Gasteiger partial charge >= 0.3 is 0 Å². The Kier molecular flexibility index (Phi) is 3.31. The van der Waals surface area contributed by atoms with Crippen molar-refractivity contribution in [3.63, 3.8) is 0 Å². The van der Waals surface area contributed by atoms with Crippen LogP contribution in [0.4, 0.5) is 0 Å². The SMILES string of the molecule is CC1(C)CC=CC=C1c1ccc(-c2ccccc2)cc1. The minimum atomic E-state index is 0.225. The summed E-state index contributed by atoms with van der Waals surface area (Å²) in [5.41, 5.74) is 5.54. The van der Waals surface area contributed by atoms with Crippen molar-refractivity contribution in [1.82, 2.24) is 0 Å². The molecule has 0 aliphatic heterocycles. The van der Waals surface area contributed by atoms with E-state index in [1.54, 1.807) is 0 Å². The van der Waals surface area contributed by atoms with E-state index in [2.05, 4.69) is 86.7 Å². The highest BCUT2D eigenvalue weighted by Crippen LogP contribution is 2.40. The Balaban J connectivity index is 1.94. The Hall–Kier alpha value is -2.08. The standard InChI is InChI=1S/C20H20/c1-20(2)15-7-6-10-19(20)18-13-11-17(12-14-18)16-8-4-3-5-9-16/h3-14H,15H2,1-2H3. The van der Waals surface area contributed by atoms with Crippen LogP contribution in [0.2, 0.25) is 0 Å². The van der Waals surface area contributed by atoms with Crippen molar-refractivity contribution in [1.29, 1.82) is 0 Å². The molecule has 20 heavy (non-hydrogen) atoms. The molecule has 0 amide bonds. The van der Waals surface area contributed by atoms with E-state index < -0.39 is 0 Å². The van der Waals surface area contributed by atoms with Crippen LogP contribution in [0.25, 0.3) is 16.7 Å². The Morgan fingerprint density at radius 1 is 0.750 bits per heavy atom. The summed E-state index contributed by atoms with van der Waals surface area (Å²) in [5, 5.41) is 0. The van der Waals surface area contributed by atoms with Crippen LogP contribution < -0.4 is 0 Å². The molecule has 0 atom stereocenters. The number of hydrogen-bond donors (Lipinski definition) is 0. The predicted octanol–water partition coefficient (Wildman–Crippen LogP) is 5.72. The molecule has 0 nitrogen and oxygen atoms in total. The lowest BCUT2D eigenvalue weighted by Crippen LogP contribution is -2.14. The molecular weight excluding hydrogens is 240 g/mol. The summed E-state index contributed by atoms with van der Waals surface area (Å²) >= 11 is 0. The molecular formula is C20H20. The Labute approximate surface area is 121 Å². The molecule has 100 valence electrons. The maximum absolute atomic E-state index is 2.31. The minimum Gasteiger partial charge on any atom is -0.0837 e. The molecule has 1 aliphatic carbocycles. The average Bonchev–Trinajstić information content (AvgIpc) is 2.48. The molecule has 0 heteroatoms. The highest BCUT2D eigenvalue weighted by atomic mass is 14.3. The Morgan fingerprint density at radius 2 is 1.35 bits per heavy atom. The molecule has 2 aromatic rings. The molecule has 0 spiro atoms. The molecule has 0 fully saturated rings. The normalized spacial score (nSPS) is 16.8. The van der Waals surface area contributed by atoms with Crippen molar-refractivity contribution in [2.45, 2.75) is 20.3 Å². The minimum absolute atomic E-state index is 0.225. The van der Waals surface area contributed by atoms with Gasteiger partial charge in [0.15, 0.2) is 0 Å². The molecule has 0 unspecified atom stereocenters. The van der Waals surface area contributed by atoms with Crippen LogP contribution in [0.3, 0.4) is 0 Å². The van der Waals surface area contributed by atoms with Gasteiger partial charge in [-0.05, 0) is 34.1 Å². The topological polar surface area (TPSA) is 0 Å². The quantitative estimate of drug-likeness (QED) is 0.647. The summed E-state index contributed by atoms with van der Waals surface area (Å²) in [6, 6.07) is 19.5. The van der Waals surface area contributed by atoms with Crippen LogP contribution in [0.5, 0.6) is 0 Å². The number of benzene rings is 2. The third-order valence-electron chi connectivity index (χ3n) is 4.06. The van der Waals surface area contributed by atoms with Gasteiger partial charge in [0.05, 0.1) is 0 Å². The van der Waals surface area contributed by atoms with Gasteiger partial charge in [0.2, 0.25) is 0 Å². The van der Waals surface area contributed by atoms with E-state index in [-0.39, 0.29) is 5.41 Å². The maximum Gasteiger partial charge on any atom is -0.00631 e. The maximum atomic E-state index is 2.31. The lowest BCUT2D eigenvalue weighted by atomic mass is 9.75. The van der Waals surface area contributed by atoms with Crippen LogP contribution in [0.15, 0.2) is 72.8 Å². The van der Waals surface area contributed by atoms with Gasteiger partial charge < -0.3 is 0 Å². The smallest absolute Gasteiger partial charge is 0.00631 e. The zero-order chi connectivity index (χ0) is 14.0. The summed E-state index contributed by atoms with van der Waals surface area (Å²) in [7, 11) is 0. The highest BCUT2D eigenvalue weighted by Gasteiger charge is 2.24. The largest absolute Gasteiger partial charge is 0.0837 e. The predicted molar refractivity (Wildman–Crippen MR) is 87.4 cm³/mol. The second kappa shape index (κ2) is 5.13. The first-order chi connectivity index (χ1) is 9.67. The molecule has 0 radical (unpaired) electrons. The van der Waals surface area contributed by atoms with Gasteiger partial charge in [0, 0.05) is 0 Å². The fourth-order valence-electron chi connectivity index (χ4n) is 2.82. The summed E-state index contributed by atoms with van der Waals surface area (Å²) in [5.74, 6) is 0. The number of allylic oxidation sites excluding steroid dienone is 4. The van der Waals surface area contributed by atoms with Crippen molar-refractivity contribution in [3.05, 3.63) is 78.4 Å². The van der Waals surface area contributed by atoms with Crippen molar-refractivity contribution in [2.24, 2.45) is 5.41 Å². The third-order valence-corrected chi connectivity index (χ3v) is 4.06. The van der Waals surface area contributed by atoms with Crippen molar-refractivity contribution < 1.29 is 0 Å². The number of hydrogen-bond acceptors (Lipinski definition) is 0. The monoisotopic (exact) mass is 260 g/mol. The highest BCUT2D eigenvalue weighted by molar-refractivity contribution is 5.75. The van der Waals surface area contributed by atoms with E-state index in [4.69, 9.17) is 0 Å². The molecule has 0 saturated heterocycles. The summed E-state index contributed by atoms with van der Waals surface area (Å²) in [4.78, 5) is 0. The van der Waals surface area contributed by atoms with E-state index in [0.29, 0.717) is 0 Å². The van der Waals surface area contributed by atoms with E-state index in [1.165, 1.54) is 22.3 Å². The first-order valence-electron chi connectivity index (χ1n) is 7.20. The molecule has 0 saturated carbocycles. The van der Waals surface area contributed by atoms with E-state index in [9.17, 15) is 0 Å². The van der Waals surface area contributed by atoms with Crippen LogP contribution in [0.1, 0.15) is 25.8 Å². The second-order valence-electron chi connectivity index (χ2n) is 6.04. The molecule has 2 aromatic carbocycles. The van der Waals surface area contributed by atoms with Crippen LogP contribution in [0, 0.1) is 5.41 Å². The van der Waals surface area contributed by atoms with E-state index >= 15 is 0 Å². The summed E-state index contributed by atoms with van der Waals surface area (Å²) in [6.45, 7) is 4.63. The van der Waals surface area contributed by atoms with Crippen LogP contribution in [-0.2, 0) is 0 Å². The molecule has 0 aromatic heterocycles.